The Kier molecular flexibility index (Phi) is 6.81. The van der Waals surface area contributed by atoms with Gasteiger partial charge in [-0.15, -0.1) is 11.6 Å². The van der Waals surface area contributed by atoms with E-state index in [9.17, 15) is 0 Å². The first kappa shape index (κ1) is 12.2. The molecule has 0 aromatic carbocycles. The summed E-state index contributed by atoms with van der Waals surface area (Å²) in [6, 6.07) is 0. The smallest absolute Gasteiger partial charge is 0.0696 e. The second-order valence-electron chi connectivity index (χ2n) is 3.67. The van der Waals surface area contributed by atoms with Crippen LogP contribution in [-0.2, 0) is 4.74 Å². The molecule has 0 heterocycles. The van der Waals surface area contributed by atoms with E-state index >= 15 is 0 Å². The van der Waals surface area contributed by atoms with Gasteiger partial charge in [-0.2, -0.15) is 0 Å². The van der Waals surface area contributed by atoms with Crippen LogP contribution in [0.1, 0.15) is 13.8 Å². The van der Waals surface area contributed by atoms with Gasteiger partial charge in [0.1, 0.15) is 0 Å². The monoisotopic (exact) mass is 193 g/mol. The maximum atomic E-state index is 5.99. The van der Waals surface area contributed by atoms with Crippen molar-refractivity contribution in [3.8, 4) is 0 Å². The zero-order chi connectivity index (χ0) is 9.56. The minimum atomic E-state index is 0.110. The predicted molar refractivity (Wildman–Crippen MR) is 53.9 cm³/mol. The lowest BCUT2D eigenvalue weighted by molar-refractivity contribution is 0.179. The van der Waals surface area contributed by atoms with E-state index in [-0.39, 0.29) is 5.38 Å². The van der Waals surface area contributed by atoms with Gasteiger partial charge in [-0.25, -0.2) is 0 Å². The van der Waals surface area contributed by atoms with Crippen molar-refractivity contribution in [2.45, 2.75) is 19.2 Å². The first-order valence-corrected chi connectivity index (χ1v) is 4.81. The normalized spacial score (nSPS) is 14.2. The van der Waals surface area contributed by atoms with Gasteiger partial charge in [0.2, 0.25) is 0 Å². The molecule has 3 heteroatoms. The number of hydrogen-bond acceptors (Lipinski definition) is 2. The van der Waals surface area contributed by atoms with Crippen LogP contribution in [0, 0.1) is 5.92 Å². The molecule has 0 saturated carbocycles. The fraction of sp³-hybridized carbons (Fsp3) is 1.00. The summed E-state index contributed by atoms with van der Waals surface area (Å²) >= 11 is 5.99. The average molecular weight is 194 g/mol. The lowest BCUT2D eigenvalue weighted by Gasteiger charge is -2.21. The molecule has 0 spiro atoms. The Morgan fingerprint density at radius 1 is 1.33 bits per heavy atom. The summed E-state index contributed by atoms with van der Waals surface area (Å²) in [6.07, 6.45) is 0. The van der Waals surface area contributed by atoms with E-state index in [1.54, 1.807) is 7.11 Å². The molecule has 1 unspecified atom stereocenters. The molecular formula is C9H20ClNO. The topological polar surface area (TPSA) is 12.5 Å². The second-order valence-corrected chi connectivity index (χ2v) is 4.28. The van der Waals surface area contributed by atoms with Gasteiger partial charge in [0.05, 0.1) is 12.0 Å². The number of methoxy groups -OCH3 is 1. The van der Waals surface area contributed by atoms with Gasteiger partial charge in [0, 0.05) is 20.2 Å². The number of alkyl halides is 1. The summed E-state index contributed by atoms with van der Waals surface area (Å²) < 4.78 is 4.95. The Labute approximate surface area is 80.8 Å². The highest BCUT2D eigenvalue weighted by Crippen LogP contribution is 2.01. The maximum Gasteiger partial charge on any atom is 0.0696 e. The zero-order valence-electron chi connectivity index (χ0n) is 8.51. The molecule has 0 amide bonds. The molecule has 0 N–H and O–H groups in total. The van der Waals surface area contributed by atoms with Crippen molar-refractivity contribution in [3.05, 3.63) is 0 Å². The molecule has 0 bridgehead atoms. The van der Waals surface area contributed by atoms with E-state index in [1.807, 2.05) is 0 Å². The van der Waals surface area contributed by atoms with Crippen molar-refractivity contribution >= 4 is 11.6 Å². The van der Waals surface area contributed by atoms with Crippen molar-refractivity contribution in [2.24, 2.45) is 5.92 Å². The van der Waals surface area contributed by atoms with Gasteiger partial charge in [-0.3, -0.25) is 0 Å². The van der Waals surface area contributed by atoms with Crippen LogP contribution in [-0.4, -0.2) is 44.1 Å². The summed E-state index contributed by atoms with van der Waals surface area (Å²) in [6.45, 7) is 7.02. The van der Waals surface area contributed by atoms with Gasteiger partial charge < -0.3 is 9.64 Å². The minimum Gasteiger partial charge on any atom is -0.383 e. The predicted octanol–water partition coefficient (Wildman–Crippen LogP) is 1.83. The van der Waals surface area contributed by atoms with E-state index in [4.69, 9.17) is 16.3 Å². The van der Waals surface area contributed by atoms with Crippen molar-refractivity contribution in [1.29, 1.82) is 0 Å². The third kappa shape index (κ3) is 6.89. The standard InChI is InChI=1S/C9H20ClNO/c1-8(2)5-11(3)6-9(10)7-12-4/h8-9H,5-7H2,1-4H3. The summed E-state index contributed by atoms with van der Waals surface area (Å²) in [5.41, 5.74) is 0. The summed E-state index contributed by atoms with van der Waals surface area (Å²) in [4.78, 5) is 2.24. The van der Waals surface area contributed by atoms with Crippen LogP contribution in [0.2, 0.25) is 0 Å². The van der Waals surface area contributed by atoms with Gasteiger partial charge in [0.15, 0.2) is 0 Å². The van der Waals surface area contributed by atoms with Crippen molar-refractivity contribution in [3.63, 3.8) is 0 Å². The van der Waals surface area contributed by atoms with Crippen LogP contribution in [0.4, 0.5) is 0 Å². The fourth-order valence-electron chi connectivity index (χ4n) is 1.27. The van der Waals surface area contributed by atoms with E-state index in [0.717, 1.165) is 13.1 Å². The number of rotatable bonds is 6. The third-order valence-electron chi connectivity index (χ3n) is 1.53. The second kappa shape index (κ2) is 6.70. The van der Waals surface area contributed by atoms with Crippen LogP contribution in [0.3, 0.4) is 0 Å². The third-order valence-corrected chi connectivity index (χ3v) is 1.80. The van der Waals surface area contributed by atoms with Crippen LogP contribution < -0.4 is 0 Å². The van der Waals surface area contributed by atoms with Crippen molar-refractivity contribution < 1.29 is 4.74 Å². The Bertz CT molecular complexity index is 109. The minimum absolute atomic E-state index is 0.110. The largest absolute Gasteiger partial charge is 0.383 e. The molecular weight excluding hydrogens is 174 g/mol. The van der Waals surface area contributed by atoms with E-state index in [2.05, 4.69) is 25.8 Å². The number of halogens is 1. The molecule has 0 radical (unpaired) electrons. The van der Waals surface area contributed by atoms with Gasteiger partial charge >= 0.3 is 0 Å². The van der Waals surface area contributed by atoms with Crippen molar-refractivity contribution in [2.75, 3.05) is 33.9 Å². The van der Waals surface area contributed by atoms with E-state index in [1.165, 1.54) is 0 Å². The first-order valence-electron chi connectivity index (χ1n) is 4.37. The number of nitrogens with zero attached hydrogens (tertiary/aromatic N) is 1. The Morgan fingerprint density at radius 2 is 1.92 bits per heavy atom. The van der Waals surface area contributed by atoms with Gasteiger partial charge in [-0.1, -0.05) is 13.8 Å². The fourth-order valence-corrected chi connectivity index (χ4v) is 1.63. The molecule has 1 atom stereocenters. The lowest BCUT2D eigenvalue weighted by Crippen LogP contribution is -2.31. The Hall–Kier alpha value is 0.210. The molecule has 0 rings (SSSR count). The molecule has 0 aliphatic carbocycles. The van der Waals surface area contributed by atoms with E-state index < -0.39 is 0 Å². The first-order chi connectivity index (χ1) is 5.56. The lowest BCUT2D eigenvalue weighted by atomic mass is 10.2. The molecule has 74 valence electrons. The van der Waals surface area contributed by atoms with Gasteiger partial charge in [0.25, 0.3) is 0 Å². The molecule has 2 nitrogen and oxygen atoms in total. The average Bonchev–Trinajstić information content (AvgIpc) is 1.84. The highest BCUT2D eigenvalue weighted by atomic mass is 35.5. The molecule has 0 fully saturated rings. The molecule has 0 aromatic heterocycles. The highest BCUT2D eigenvalue weighted by molar-refractivity contribution is 6.20. The van der Waals surface area contributed by atoms with Gasteiger partial charge in [-0.05, 0) is 13.0 Å². The maximum absolute atomic E-state index is 5.99. The Balaban J connectivity index is 3.46. The highest BCUT2D eigenvalue weighted by Gasteiger charge is 2.08. The quantitative estimate of drug-likeness (QED) is 0.597. The Morgan fingerprint density at radius 3 is 2.33 bits per heavy atom. The molecule has 0 saturated heterocycles. The summed E-state index contributed by atoms with van der Waals surface area (Å²) in [5, 5.41) is 0.110. The van der Waals surface area contributed by atoms with Crippen molar-refractivity contribution in [1.82, 2.24) is 4.90 Å². The summed E-state index contributed by atoms with van der Waals surface area (Å²) in [5.74, 6) is 0.696. The SMILES string of the molecule is COCC(Cl)CN(C)CC(C)C. The van der Waals surface area contributed by atoms with Crippen LogP contribution in [0.15, 0.2) is 0 Å². The van der Waals surface area contributed by atoms with Crippen LogP contribution in [0.25, 0.3) is 0 Å². The number of ether oxygens (including phenoxy) is 1. The van der Waals surface area contributed by atoms with Crippen LogP contribution >= 0.6 is 11.6 Å². The zero-order valence-corrected chi connectivity index (χ0v) is 9.27. The van der Waals surface area contributed by atoms with Crippen LogP contribution in [0.5, 0.6) is 0 Å². The molecule has 0 aliphatic rings. The number of hydrogen-bond donors (Lipinski definition) is 0. The summed E-state index contributed by atoms with van der Waals surface area (Å²) in [7, 11) is 3.77. The van der Waals surface area contributed by atoms with E-state index in [0.29, 0.717) is 12.5 Å². The molecule has 12 heavy (non-hydrogen) atoms. The molecule has 0 aliphatic heterocycles. The molecule has 0 aromatic rings.